The zero-order valence-corrected chi connectivity index (χ0v) is 18.3. The Balaban J connectivity index is 3.17. The summed E-state index contributed by atoms with van der Waals surface area (Å²) in [6.07, 6.45) is 3.10. The highest BCUT2D eigenvalue weighted by Gasteiger charge is 2.19. The van der Waals surface area contributed by atoms with Gasteiger partial charge in [0.05, 0.1) is 14.2 Å². The molecule has 0 aliphatic heterocycles. The molecule has 0 fully saturated rings. The van der Waals surface area contributed by atoms with Crippen LogP contribution in [0, 0.1) is 11.8 Å². The van der Waals surface area contributed by atoms with E-state index in [-0.39, 0.29) is 22.8 Å². The summed E-state index contributed by atoms with van der Waals surface area (Å²) in [5.41, 5.74) is 0.497. The van der Waals surface area contributed by atoms with Crippen LogP contribution in [0.5, 0.6) is 17.2 Å². The number of hydrogen-bond acceptors (Lipinski definition) is 5. The van der Waals surface area contributed by atoms with Crippen LogP contribution in [0.1, 0.15) is 46.1 Å². The number of carbonyl (C=O) groups excluding carboxylic acids is 2. The van der Waals surface area contributed by atoms with Gasteiger partial charge in [0, 0.05) is 13.1 Å². The maximum absolute atomic E-state index is 12.7. The second kappa shape index (κ2) is 12.0. The number of phenols is 1. The van der Waals surface area contributed by atoms with Crippen molar-refractivity contribution in [2.45, 2.75) is 40.5 Å². The largest absolute Gasteiger partial charge is 0.502 e. The number of aromatic hydroxyl groups is 1. The van der Waals surface area contributed by atoms with Crippen LogP contribution >= 0.6 is 0 Å². The number of phenolic OH excluding ortho intramolecular Hbond substituents is 1. The monoisotopic (exact) mass is 406 g/mol. The molecule has 0 saturated carbocycles. The van der Waals surface area contributed by atoms with E-state index in [0.717, 1.165) is 12.8 Å². The first-order chi connectivity index (χ1) is 13.7. The maximum atomic E-state index is 12.7. The van der Waals surface area contributed by atoms with Gasteiger partial charge < -0.3 is 25.2 Å². The van der Waals surface area contributed by atoms with Crippen molar-refractivity contribution in [3.05, 3.63) is 23.3 Å². The highest BCUT2D eigenvalue weighted by molar-refractivity contribution is 6.21. The van der Waals surface area contributed by atoms with E-state index < -0.39 is 11.8 Å². The van der Waals surface area contributed by atoms with Gasteiger partial charge in [0.1, 0.15) is 5.57 Å². The Bertz CT molecular complexity index is 673. The zero-order valence-electron chi connectivity index (χ0n) is 18.3. The van der Waals surface area contributed by atoms with Crippen molar-refractivity contribution < 1.29 is 24.2 Å². The molecule has 7 heteroatoms. The van der Waals surface area contributed by atoms with Gasteiger partial charge in [-0.1, -0.05) is 27.7 Å². The first-order valence-corrected chi connectivity index (χ1v) is 9.92. The van der Waals surface area contributed by atoms with Crippen molar-refractivity contribution in [3.63, 3.8) is 0 Å². The Kier molecular flexibility index (Phi) is 10.1. The molecule has 0 aliphatic rings. The third kappa shape index (κ3) is 8.05. The highest BCUT2D eigenvalue weighted by atomic mass is 16.5. The number of carbonyl (C=O) groups is 2. The standard InChI is InChI=1S/C22H34N2O5/c1-14(2)7-9-23-21(26)17(22(27)24-10-8-15(3)4)11-16-12-18(28-5)20(25)19(13-16)29-6/h11-15,25H,7-10H2,1-6H3,(H,23,26)(H,24,27). The van der Waals surface area contributed by atoms with Crippen molar-refractivity contribution in [2.75, 3.05) is 27.3 Å². The predicted molar refractivity (Wildman–Crippen MR) is 114 cm³/mol. The number of amides is 2. The molecule has 1 aromatic carbocycles. The number of benzene rings is 1. The van der Waals surface area contributed by atoms with E-state index in [1.54, 1.807) is 12.1 Å². The molecule has 0 aromatic heterocycles. The Hall–Kier alpha value is -2.70. The molecule has 29 heavy (non-hydrogen) atoms. The summed E-state index contributed by atoms with van der Waals surface area (Å²) in [5, 5.41) is 15.7. The maximum Gasteiger partial charge on any atom is 0.256 e. The van der Waals surface area contributed by atoms with Crippen LogP contribution in [0.25, 0.3) is 6.08 Å². The molecular weight excluding hydrogens is 372 g/mol. The van der Waals surface area contributed by atoms with Crippen LogP contribution in [0.15, 0.2) is 17.7 Å². The van der Waals surface area contributed by atoms with E-state index in [1.165, 1.54) is 20.3 Å². The van der Waals surface area contributed by atoms with E-state index in [0.29, 0.717) is 30.5 Å². The molecule has 0 unspecified atom stereocenters. The second-order valence-corrected chi connectivity index (χ2v) is 7.71. The Morgan fingerprint density at radius 3 is 1.69 bits per heavy atom. The average molecular weight is 407 g/mol. The van der Waals surface area contributed by atoms with E-state index >= 15 is 0 Å². The van der Waals surface area contributed by atoms with Crippen LogP contribution in [0.2, 0.25) is 0 Å². The summed E-state index contributed by atoms with van der Waals surface area (Å²) >= 11 is 0. The third-order valence-corrected chi connectivity index (χ3v) is 4.32. The smallest absolute Gasteiger partial charge is 0.256 e. The normalized spacial score (nSPS) is 10.6. The third-order valence-electron chi connectivity index (χ3n) is 4.32. The van der Waals surface area contributed by atoms with Crippen molar-refractivity contribution in [1.82, 2.24) is 10.6 Å². The fourth-order valence-corrected chi connectivity index (χ4v) is 2.54. The van der Waals surface area contributed by atoms with Crippen LogP contribution in [0.3, 0.4) is 0 Å². The molecule has 1 aromatic rings. The molecule has 0 heterocycles. The van der Waals surface area contributed by atoms with Crippen molar-refractivity contribution in [3.8, 4) is 17.2 Å². The Morgan fingerprint density at radius 2 is 1.34 bits per heavy atom. The molecule has 0 spiro atoms. The van der Waals surface area contributed by atoms with Gasteiger partial charge in [-0.15, -0.1) is 0 Å². The zero-order chi connectivity index (χ0) is 22.0. The van der Waals surface area contributed by atoms with Gasteiger partial charge in [0.2, 0.25) is 5.75 Å². The number of ether oxygens (including phenoxy) is 2. The number of rotatable bonds is 11. The van der Waals surface area contributed by atoms with Gasteiger partial charge in [-0.2, -0.15) is 0 Å². The number of methoxy groups -OCH3 is 2. The molecule has 0 radical (unpaired) electrons. The van der Waals surface area contributed by atoms with Crippen LogP contribution in [0.4, 0.5) is 0 Å². The van der Waals surface area contributed by atoms with E-state index in [9.17, 15) is 14.7 Å². The van der Waals surface area contributed by atoms with Gasteiger partial charge in [0.25, 0.3) is 11.8 Å². The van der Waals surface area contributed by atoms with Gasteiger partial charge in [-0.25, -0.2) is 0 Å². The first-order valence-electron chi connectivity index (χ1n) is 9.92. The molecular formula is C22H34N2O5. The molecule has 0 saturated heterocycles. The van der Waals surface area contributed by atoms with Gasteiger partial charge >= 0.3 is 0 Å². The van der Waals surface area contributed by atoms with Crippen molar-refractivity contribution in [2.24, 2.45) is 11.8 Å². The van der Waals surface area contributed by atoms with Gasteiger partial charge in [0.15, 0.2) is 11.5 Å². The number of nitrogens with one attached hydrogen (secondary N) is 2. The SMILES string of the molecule is COc1cc(C=C(C(=O)NCCC(C)C)C(=O)NCCC(C)C)cc(OC)c1O. The molecule has 0 aliphatic carbocycles. The molecule has 0 atom stereocenters. The lowest BCUT2D eigenvalue weighted by Gasteiger charge is -2.13. The molecule has 3 N–H and O–H groups in total. The van der Waals surface area contributed by atoms with Crippen LogP contribution in [-0.2, 0) is 9.59 Å². The molecule has 1 rings (SSSR count). The minimum atomic E-state index is -0.446. The van der Waals surface area contributed by atoms with E-state index in [4.69, 9.17) is 9.47 Å². The molecule has 7 nitrogen and oxygen atoms in total. The van der Waals surface area contributed by atoms with Crippen molar-refractivity contribution in [1.29, 1.82) is 0 Å². The fourth-order valence-electron chi connectivity index (χ4n) is 2.54. The minimum absolute atomic E-state index is 0.00712. The predicted octanol–water partition coefficient (Wildman–Crippen LogP) is 3.12. The minimum Gasteiger partial charge on any atom is -0.502 e. The van der Waals surface area contributed by atoms with E-state index in [1.807, 2.05) is 0 Å². The van der Waals surface area contributed by atoms with Crippen LogP contribution < -0.4 is 20.1 Å². The number of hydrogen-bond donors (Lipinski definition) is 3. The van der Waals surface area contributed by atoms with Gasteiger partial charge in [-0.3, -0.25) is 9.59 Å². The van der Waals surface area contributed by atoms with Crippen LogP contribution in [-0.4, -0.2) is 44.2 Å². The lowest BCUT2D eigenvalue weighted by Crippen LogP contribution is -2.36. The molecule has 2 amide bonds. The highest BCUT2D eigenvalue weighted by Crippen LogP contribution is 2.37. The quantitative estimate of drug-likeness (QED) is 0.298. The second-order valence-electron chi connectivity index (χ2n) is 7.71. The summed E-state index contributed by atoms with van der Waals surface area (Å²) in [6, 6.07) is 3.08. The topological polar surface area (TPSA) is 96.9 Å². The summed E-state index contributed by atoms with van der Waals surface area (Å²) in [7, 11) is 2.83. The first kappa shape index (κ1) is 24.3. The Labute approximate surface area is 173 Å². The van der Waals surface area contributed by atoms with Gasteiger partial charge in [-0.05, 0) is 48.4 Å². The lowest BCUT2D eigenvalue weighted by molar-refractivity contribution is -0.123. The fraction of sp³-hybridized carbons (Fsp3) is 0.545. The summed E-state index contributed by atoms with van der Waals surface area (Å²) < 4.78 is 10.3. The summed E-state index contributed by atoms with van der Waals surface area (Å²) in [5.74, 6) is 0.223. The molecule has 0 bridgehead atoms. The summed E-state index contributed by atoms with van der Waals surface area (Å²) in [4.78, 5) is 25.4. The molecule has 162 valence electrons. The average Bonchev–Trinajstić information content (AvgIpc) is 2.66. The lowest BCUT2D eigenvalue weighted by atomic mass is 10.1. The van der Waals surface area contributed by atoms with Crippen molar-refractivity contribution >= 4 is 17.9 Å². The summed E-state index contributed by atoms with van der Waals surface area (Å²) in [6.45, 7) is 9.23. The van der Waals surface area contributed by atoms with E-state index in [2.05, 4.69) is 38.3 Å². The Morgan fingerprint density at radius 1 is 0.931 bits per heavy atom.